The van der Waals surface area contributed by atoms with Crippen LogP contribution in [0.4, 0.5) is 0 Å². The topological polar surface area (TPSA) is 89.0 Å². The Morgan fingerprint density at radius 3 is 2.84 bits per heavy atom. The van der Waals surface area contributed by atoms with Gasteiger partial charge < -0.3 is 19.5 Å². The molecule has 1 amide bonds. The van der Waals surface area contributed by atoms with Crippen LogP contribution in [0.2, 0.25) is 0 Å². The number of ether oxygens (including phenoxy) is 2. The van der Waals surface area contributed by atoms with Gasteiger partial charge in [-0.25, -0.2) is 0 Å². The van der Waals surface area contributed by atoms with Crippen molar-refractivity contribution in [2.24, 2.45) is 0 Å². The molecule has 2 aliphatic rings. The zero-order chi connectivity index (χ0) is 21.8. The first-order chi connectivity index (χ1) is 15.1. The number of ketones is 1. The third kappa shape index (κ3) is 4.32. The minimum atomic E-state index is -0.773. The van der Waals surface area contributed by atoms with Gasteiger partial charge in [0.2, 0.25) is 0 Å². The van der Waals surface area contributed by atoms with Crippen molar-refractivity contribution in [2.45, 2.75) is 38.3 Å². The van der Waals surface area contributed by atoms with Gasteiger partial charge in [0, 0.05) is 24.9 Å². The van der Waals surface area contributed by atoms with E-state index in [1.165, 1.54) is 4.90 Å². The quantitative estimate of drug-likeness (QED) is 0.418. The zero-order valence-corrected chi connectivity index (χ0v) is 17.5. The van der Waals surface area contributed by atoms with Crippen LogP contribution in [-0.2, 0) is 14.3 Å². The van der Waals surface area contributed by atoms with Crippen molar-refractivity contribution in [2.75, 3.05) is 19.8 Å². The molecule has 0 saturated carbocycles. The molecule has 2 saturated heterocycles. The molecule has 3 heterocycles. The first kappa shape index (κ1) is 21.1. The lowest BCUT2D eigenvalue weighted by Gasteiger charge is -2.26. The average molecular weight is 422 g/mol. The van der Waals surface area contributed by atoms with Crippen molar-refractivity contribution in [3.05, 3.63) is 65.5 Å². The van der Waals surface area contributed by atoms with Crippen molar-refractivity contribution in [3.8, 4) is 5.75 Å². The van der Waals surface area contributed by atoms with E-state index in [1.54, 1.807) is 48.7 Å². The van der Waals surface area contributed by atoms with E-state index in [0.29, 0.717) is 30.2 Å². The third-order valence-electron chi connectivity index (χ3n) is 5.51. The van der Waals surface area contributed by atoms with Gasteiger partial charge in [-0.1, -0.05) is 25.1 Å². The van der Waals surface area contributed by atoms with Crippen LogP contribution in [0.25, 0.3) is 5.76 Å². The molecule has 0 radical (unpaired) electrons. The third-order valence-corrected chi connectivity index (χ3v) is 5.51. The highest BCUT2D eigenvalue weighted by atomic mass is 16.5. The molecular formula is C24H26N2O5. The molecule has 7 heteroatoms. The molecule has 162 valence electrons. The standard InChI is InChI=1S/C24H26N2O5/c1-2-12-30-17-8-5-7-16(14-17)22(27)20-21(19-10-3-4-11-25-19)26(24(29)23(20)28)15-18-9-6-13-31-18/h3-5,7-8,10-11,14,18,21,27H,2,6,9,12-13,15H2,1H3/b22-20-. The number of hydrogen-bond acceptors (Lipinski definition) is 6. The molecule has 2 unspecified atom stereocenters. The van der Waals surface area contributed by atoms with Gasteiger partial charge in [0.05, 0.1) is 24.0 Å². The Morgan fingerprint density at radius 2 is 2.13 bits per heavy atom. The maximum Gasteiger partial charge on any atom is 0.295 e. The van der Waals surface area contributed by atoms with Crippen LogP contribution in [0, 0.1) is 0 Å². The molecule has 2 aromatic rings. The van der Waals surface area contributed by atoms with Gasteiger partial charge in [-0.3, -0.25) is 14.6 Å². The number of likely N-dealkylation sites (tertiary alicyclic amines) is 1. The lowest BCUT2D eigenvalue weighted by Crippen LogP contribution is -2.36. The number of rotatable bonds is 7. The summed E-state index contributed by atoms with van der Waals surface area (Å²) < 4.78 is 11.3. The van der Waals surface area contributed by atoms with Crippen LogP contribution in [0.3, 0.4) is 0 Å². The molecule has 0 bridgehead atoms. The molecular weight excluding hydrogens is 396 g/mol. The lowest BCUT2D eigenvalue weighted by molar-refractivity contribution is -0.140. The van der Waals surface area contributed by atoms with E-state index in [0.717, 1.165) is 19.3 Å². The van der Waals surface area contributed by atoms with Gasteiger partial charge >= 0.3 is 0 Å². The molecule has 0 spiro atoms. The largest absolute Gasteiger partial charge is 0.507 e. The van der Waals surface area contributed by atoms with Gasteiger partial charge in [-0.2, -0.15) is 0 Å². The first-order valence-electron chi connectivity index (χ1n) is 10.6. The highest BCUT2D eigenvalue weighted by Crippen LogP contribution is 2.39. The van der Waals surface area contributed by atoms with E-state index in [1.807, 2.05) is 6.92 Å². The molecule has 7 nitrogen and oxygen atoms in total. The Kier molecular flexibility index (Phi) is 6.32. The summed E-state index contributed by atoms with van der Waals surface area (Å²) in [6.45, 7) is 3.48. The number of aromatic nitrogens is 1. The van der Waals surface area contributed by atoms with Crippen LogP contribution in [0.15, 0.2) is 54.2 Å². The maximum absolute atomic E-state index is 13.0. The first-order valence-corrected chi connectivity index (χ1v) is 10.6. The summed E-state index contributed by atoms with van der Waals surface area (Å²) in [7, 11) is 0. The number of pyridine rings is 1. The number of aliphatic hydroxyl groups is 1. The van der Waals surface area contributed by atoms with E-state index in [-0.39, 0.29) is 24.0 Å². The number of carbonyl (C=O) groups is 2. The zero-order valence-electron chi connectivity index (χ0n) is 17.5. The lowest BCUT2D eigenvalue weighted by atomic mass is 9.98. The summed E-state index contributed by atoms with van der Waals surface area (Å²) in [6, 6.07) is 11.5. The molecule has 31 heavy (non-hydrogen) atoms. The second-order valence-electron chi connectivity index (χ2n) is 7.72. The predicted octanol–water partition coefficient (Wildman–Crippen LogP) is 3.47. The number of nitrogens with zero attached hydrogens (tertiary/aromatic N) is 2. The fraction of sp³-hybridized carbons (Fsp3) is 0.375. The predicted molar refractivity (Wildman–Crippen MR) is 114 cm³/mol. The van der Waals surface area contributed by atoms with E-state index >= 15 is 0 Å². The molecule has 2 aliphatic heterocycles. The monoisotopic (exact) mass is 422 g/mol. The smallest absolute Gasteiger partial charge is 0.295 e. The maximum atomic E-state index is 13.0. The minimum Gasteiger partial charge on any atom is -0.507 e. The van der Waals surface area contributed by atoms with Crippen LogP contribution in [0.5, 0.6) is 5.75 Å². The number of carbonyl (C=O) groups excluding carboxylic acids is 2. The Morgan fingerprint density at radius 1 is 1.26 bits per heavy atom. The normalized spacial score (nSPS) is 22.8. The van der Waals surface area contributed by atoms with Crippen LogP contribution < -0.4 is 4.74 Å². The van der Waals surface area contributed by atoms with Crippen LogP contribution in [0.1, 0.15) is 43.5 Å². The number of benzene rings is 1. The second kappa shape index (κ2) is 9.31. The summed E-state index contributed by atoms with van der Waals surface area (Å²) in [4.78, 5) is 31.8. The Bertz CT molecular complexity index is 982. The van der Waals surface area contributed by atoms with Crippen LogP contribution >= 0.6 is 0 Å². The van der Waals surface area contributed by atoms with E-state index in [2.05, 4.69) is 4.98 Å². The summed E-state index contributed by atoms with van der Waals surface area (Å²) in [6.07, 6.45) is 4.09. The fourth-order valence-corrected chi connectivity index (χ4v) is 4.03. The van der Waals surface area contributed by atoms with Crippen molar-refractivity contribution in [3.63, 3.8) is 0 Å². The summed E-state index contributed by atoms with van der Waals surface area (Å²) in [5, 5.41) is 11.1. The molecule has 0 aliphatic carbocycles. The van der Waals surface area contributed by atoms with Gasteiger partial charge in [-0.05, 0) is 43.5 Å². The van der Waals surface area contributed by atoms with E-state index < -0.39 is 17.7 Å². The van der Waals surface area contributed by atoms with Crippen molar-refractivity contribution in [1.82, 2.24) is 9.88 Å². The number of Topliss-reactive ketones (excluding diaryl/α,β-unsaturated/α-hetero) is 1. The van der Waals surface area contributed by atoms with Gasteiger partial charge in [0.25, 0.3) is 11.7 Å². The number of hydrogen-bond donors (Lipinski definition) is 1. The SMILES string of the molecule is CCCOc1cccc(/C(O)=C2/C(=O)C(=O)N(CC3CCCO3)C2c2ccccn2)c1. The second-order valence-corrected chi connectivity index (χ2v) is 7.72. The molecule has 2 fully saturated rings. The van der Waals surface area contributed by atoms with E-state index in [4.69, 9.17) is 9.47 Å². The summed E-state index contributed by atoms with van der Waals surface area (Å²) in [5.41, 5.74) is 0.985. The minimum absolute atomic E-state index is 0.0364. The van der Waals surface area contributed by atoms with Crippen LogP contribution in [-0.4, -0.2) is 52.5 Å². The summed E-state index contributed by atoms with van der Waals surface area (Å²) >= 11 is 0. The Hall–Kier alpha value is -3.19. The van der Waals surface area contributed by atoms with E-state index in [9.17, 15) is 14.7 Å². The molecule has 1 aromatic heterocycles. The molecule has 4 rings (SSSR count). The highest BCUT2D eigenvalue weighted by molar-refractivity contribution is 6.46. The van der Waals surface area contributed by atoms with Crippen molar-refractivity contribution in [1.29, 1.82) is 0 Å². The van der Waals surface area contributed by atoms with Gasteiger partial charge in [0.1, 0.15) is 17.6 Å². The molecule has 2 atom stereocenters. The molecule has 1 aromatic carbocycles. The molecule has 1 N–H and O–H groups in total. The Labute approximate surface area is 181 Å². The Balaban J connectivity index is 1.76. The number of aliphatic hydroxyl groups excluding tert-OH is 1. The average Bonchev–Trinajstić information content (AvgIpc) is 3.40. The summed E-state index contributed by atoms with van der Waals surface area (Å²) in [5.74, 6) is -1.00. The van der Waals surface area contributed by atoms with Gasteiger partial charge in [-0.15, -0.1) is 0 Å². The van der Waals surface area contributed by atoms with Crippen molar-refractivity contribution < 1.29 is 24.2 Å². The van der Waals surface area contributed by atoms with Gasteiger partial charge in [0.15, 0.2) is 0 Å². The fourth-order valence-electron chi connectivity index (χ4n) is 4.03. The highest BCUT2D eigenvalue weighted by Gasteiger charge is 2.47. The van der Waals surface area contributed by atoms with Crippen molar-refractivity contribution >= 4 is 17.4 Å². The number of amides is 1.